The minimum Gasteiger partial charge on any atom is -0.394 e. The molecule has 6 unspecified atom stereocenters. The van der Waals surface area contributed by atoms with Crippen LogP contribution in [0.2, 0.25) is 0 Å². The van der Waals surface area contributed by atoms with Gasteiger partial charge >= 0.3 is 0 Å². The molecule has 0 aromatic heterocycles. The summed E-state index contributed by atoms with van der Waals surface area (Å²) in [6, 6.07) is 0. The summed E-state index contributed by atoms with van der Waals surface area (Å²) in [6.07, 6.45) is -4.06. The maximum Gasteiger partial charge on any atom is 0.186 e. The molecule has 0 aromatic carbocycles. The minimum atomic E-state index is -1.18. The SMILES string of the molecule is CCC(C)OC1OC(CO)C(OC)C(O)C1O. The van der Waals surface area contributed by atoms with Crippen LogP contribution in [0.25, 0.3) is 0 Å². The molecular formula is C11H22O6. The van der Waals surface area contributed by atoms with E-state index in [1.165, 1.54) is 7.11 Å². The van der Waals surface area contributed by atoms with Gasteiger partial charge in [-0.15, -0.1) is 0 Å². The molecule has 0 amide bonds. The van der Waals surface area contributed by atoms with Crippen LogP contribution in [0.5, 0.6) is 0 Å². The fourth-order valence-electron chi connectivity index (χ4n) is 1.78. The van der Waals surface area contributed by atoms with Gasteiger partial charge in [0, 0.05) is 7.11 Å². The average Bonchev–Trinajstić information content (AvgIpc) is 2.34. The number of methoxy groups -OCH3 is 1. The monoisotopic (exact) mass is 250 g/mol. The predicted molar refractivity (Wildman–Crippen MR) is 59.4 cm³/mol. The van der Waals surface area contributed by atoms with Gasteiger partial charge in [-0.05, 0) is 13.3 Å². The topological polar surface area (TPSA) is 88.4 Å². The molecule has 1 aliphatic rings. The van der Waals surface area contributed by atoms with E-state index in [4.69, 9.17) is 19.3 Å². The van der Waals surface area contributed by atoms with Gasteiger partial charge in [-0.1, -0.05) is 6.92 Å². The van der Waals surface area contributed by atoms with Gasteiger partial charge in [0.15, 0.2) is 6.29 Å². The molecule has 1 fully saturated rings. The molecule has 0 aliphatic carbocycles. The smallest absolute Gasteiger partial charge is 0.186 e. The minimum absolute atomic E-state index is 0.0970. The Bertz CT molecular complexity index is 222. The maximum absolute atomic E-state index is 9.85. The second-order valence-electron chi connectivity index (χ2n) is 4.26. The highest BCUT2D eigenvalue weighted by Crippen LogP contribution is 2.24. The summed E-state index contributed by atoms with van der Waals surface area (Å²) < 4.78 is 15.8. The quantitative estimate of drug-likeness (QED) is 0.595. The Labute approximate surface area is 101 Å². The molecule has 1 heterocycles. The number of ether oxygens (including phenoxy) is 3. The van der Waals surface area contributed by atoms with Crippen LogP contribution in [0.3, 0.4) is 0 Å². The van der Waals surface area contributed by atoms with Gasteiger partial charge in [-0.2, -0.15) is 0 Å². The standard InChI is InChI=1S/C11H22O6/c1-4-6(2)16-11-9(14)8(13)10(15-3)7(5-12)17-11/h6-14H,4-5H2,1-3H3. The Morgan fingerprint density at radius 2 is 1.94 bits per heavy atom. The maximum atomic E-state index is 9.85. The van der Waals surface area contributed by atoms with Crippen LogP contribution in [0.1, 0.15) is 20.3 Å². The summed E-state index contributed by atoms with van der Waals surface area (Å²) >= 11 is 0. The first kappa shape index (κ1) is 14.8. The Balaban J connectivity index is 2.68. The fourth-order valence-corrected chi connectivity index (χ4v) is 1.78. The Morgan fingerprint density at radius 3 is 2.41 bits per heavy atom. The molecule has 0 aromatic rings. The van der Waals surface area contributed by atoms with Crippen LogP contribution >= 0.6 is 0 Å². The lowest BCUT2D eigenvalue weighted by Crippen LogP contribution is -2.60. The zero-order valence-corrected chi connectivity index (χ0v) is 10.4. The van der Waals surface area contributed by atoms with Gasteiger partial charge in [-0.25, -0.2) is 0 Å². The molecule has 1 saturated heterocycles. The molecule has 3 N–H and O–H groups in total. The van der Waals surface area contributed by atoms with Crippen molar-refractivity contribution in [3.8, 4) is 0 Å². The van der Waals surface area contributed by atoms with E-state index in [1.54, 1.807) is 0 Å². The number of hydrogen-bond acceptors (Lipinski definition) is 6. The summed E-state index contributed by atoms with van der Waals surface area (Å²) in [4.78, 5) is 0. The summed E-state index contributed by atoms with van der Waals surface area (Å²) in [5, 5.41) is 28.8. The largest absolute Gasteiger partial charge is 0.394 e. The van der Waals surface area contributed by atoms with Crippen molar-refractivity contribution in [1.82, 2.24) is 0 Å². The second kappa shape index (κ2) is 6.63. The molecule has 6 nitrogen and oxygen atoms in total. The molecule has 6 atom stereocenters. The zero-order chi connectivity index (χ0) is 13.0. The molecular weight excluding hydrogens is 228 g/mol. The van der Waals surface area contributed by atoms with Crippen LogP contribution < -0.4 is 0 Å². The summed E-state index contributed by atoms with van der Waals surface area (Å²) in [5.74, 6) is 0. The van der Waals surface area contributed by atoms with Crippen LogP contribution in [0, 0.1) is 0 Å². The molecule has 0 saturated carbocycles. The molecule has 0 spiro atoms. The fraction of sp³-hybridized carbons (Fsp3) is 1.00. The number of rotatable bonds is 5. The van der Waals surface area contributed by atoms with Crippen LogP contribution in [0.15, 0.2) is 0 Å². The van der Waals surface area contributed by atoms with Gasteiger partial charge in [-0.3, -0.25) is 0 Å². The highest BCUT2D eigenvalue weighted by atomic mass is 16.7. The normalized spacial score (nSPS) is 40.2. The van der Waals surface area contributed by atoms with E-state index < -0.39 is 30.7 Å². The molecule has 17 heavy (non-hydrogen) atoms. The van der Waals surface area contributed by atoms with E-state index >= 15 is 0 Å². The third-order valence-electron chi connectivity index (χ3n) is 3.03. The number of hydrogen-bond donors (Lipinski definition) is 3. The first-order valence-corrected chi connectivity index (χ1v) is 5.85. The third kappa shape index (κ3) is 3.37. The van der Waals surface area contributed by atoms with E-state index in [9.17, 15) is 10.2 Å². The number of aliphatic hydroxyl groups is 3. The van der Waals surface area contributed by atoms with E-state index in [2.05, 4.69) is 0 Å². The van der Waals surface area contributed by atoms with Crippen molar-refractivity contribution in [1.29, 1.82) is 0 Å². The predicted octanol–water partition coefficient (Wildman–Crippen LogP) is -0.745. The Kier molecular flexibility index (Phi) is 5.78. The van der Waals surface area contributed by atoms with Crippen LogP contribution in [0.4, 0.5) is 0 Å². The third-order valence-corrected chi connectivity index (χ3v) is 3.03. The van der Waals surface area contributed by atoms with Gasteiger partial charge in [0.25, 0.3) is 0 Å². The Morgan fingerprint density at radius 1 is 1.29 bits per heavy atom. The van der Waals surface area contributed by atoms with E-state index in [1.807, 2.05) is 13.8 Å². The van der Waals surface area contributed by atoms with Crippen LogP contribution in [-0.2, 0) is 14.2 Å². The van der Waals surface area contributed by atoms with Gasteiger partial charge < -0.3 is 29.5 Å². The van der Waals surface area contributed by atoms with Crippen molar-refractivity contribution in [3.63, 3.8) is 0 Å². The van der Waals surface area contributed by atoms with Crippen molar-refractivity contribution >= 4 is 0 Å². The lowest BCUT2D eigenvalue weighted by atomic mass is 9.99. The van der Waals surface area contributed by atoms with Crippen LogP contribution in [-0.4, -0.2) is 65.8 Å². The first-order chi connectivity index (χ1) is 8.04. The Hall–Kier alpha value is -0.240. The van der Waals surface area contributed by atoms with Crippen molar-refractivity contribution in [2.45, 2.75) is 57.1 Å². The molecule has 1 rings (SSSR count). The van der Waals surface area contributed by atoms with Crippen molar-refractivity contribution in [2.24, 2.45) is 0 Å². The highest BCUT2D eigenvalue weighted by molar-refractivity contribution is 4.90. The van der Waals surface area contributed by atoms with Crippen molar-refractivity contribution < 1.29 is 29.5 Å². The van der Waals surface area contributed by atoms with Gasteiger partial charge in [0.05, 0.1) is 12.7 Å². The molecule has 0 bridgehead atoms. The summed E-state index contributed by atoms with van der Waals surface area (Å²) in [6.45, 7) is 3.49. The zero-order valence-electron chi connectivity index (χ0n) is 10.4. The first-order valence-electron chi connectivity index (χ1n) is 5.85. The molecule has 1 aliphatic heterocycles. The van der Waals surface area contributed by atoms with E-state index in [0.717, 1.165) is 6.42 Å². The van der Waals surface area contributed by atoms with E-state index in [0.29, 0.717) is 0 Å². The van der Waals surface area contributed by atoms with Gasteiger partial charge in [0.2, 0.25) is 0 Å². The average molecular weight is 250 g/mol. The van der Waals surface area contributed by atoms with Crippen molar-refractivity contribution in [2.75, 3.05) is 13.7 Å². The molecule has 102 valence electrons. The van der Waals surface area contributed by atoms with Crippen molar-refractivity contribution in [3.05, 3.63) is 0 Å². The summed E-state index contributed by atoms with van der Waals surface area (Å²) in [5.41, 5.74) is 0. The summed E-state index contributed by atoms with van der Waals surface area (Å²) in [7, 11) is 1.39. The number of aliphatic hydroxyl groups excluding tert-OH is 3. The van der Waals surface area contributed by atoms with Gasteiger partial charge in [0.1, 0.15) is 24.4 Å². The highest BCUT2D eigenvalue weighted by Gasteiger charge is 2.45. The second-order valence-corrected chi connectivity index (χ2v) is 4.26. The lowest BCUT2D eigenvalue weighted by Gasteiger charge is -2.41. The molecule has 0 radical (unpaired) electrons. The van der Waals surface area contributed by atoms with E-state index in [-0.39, 0.29) is 12.7 Å². The lowest BCUT2D eigenvalue weighted by molar-refractivity contribution is -0.313. The molecule has 6 heteroatoms.